The van der Waals surface area contributed by atoms with Crippen LogP contribution in [0.2, 0.25) is 0 Å². The number of alkyl halides is 1. The first-order valence-corrected chi connectivity index (χ1v) is 53.6. The molecule has 0 amide bonds. The summed E-state index contributed by atoms with van der Waals surface area (Å²) in [6, 6.07) is -1.13. The third kappa shape index (κ3) is 95.1. The van der Waals surface area contributed by atoms with E-state index in [0.29, 0.717) is 141 Å². The Bertz CT molecular complexity index is 3230. The number of methoxy groups -OCH3 is 1. The van der Waals surface area contributed by atoms with Gasteiger partial charge in [-0.1, -0.05) is 65.7 Å². The molecule has 130 heavy (non-hydrogen) atoms. The zero-order valence-electron chi connectivity index (χ0n) is 74.9. The number of ether oxygens (including phenoxy) is 11. The molecule has 41 nitrogen and oxygen atoms in total. The SMILES string of the molecule is C.C.C.C.C.C=CCC(C(=O)OCC)C(=O)OCC.C=CP(=O)(CCCCC(=O)OCC)OCC.CCOC(=O)C(CCC[P+](=O)O)C(=O)OCC.CCOC(=O)CCCCP(=O)(CCC(N=COC)(C(=O)OCC)C(=O)OCC)OCC.CCOC(=O)CCCCP(=O)(O)CCBr.CCOC(=O)CCCC[P+](=O)O.NC(CCP(=O)(O)CCCCC(=O)O)C(=O)O.O=[PH+]O. The standard InChI is InChI=1S/C20H36NO9P.C11H21O4P.C10H17O6P.C10H16O4.C9H18BrO4P.C9H18NO6P.C7H13O4P.5CH4.HO2P/c1-6-27-17(22)12-10-11-14-31(25,30-9-4)15-13-20(21-16-26-5,18(23)28-7-2)19(24)29-8-3;1-4-14-11(12)9-7-8-10-16(13,6-3)15-5-2;1-3-15-9(11)8(10(12)16-4-2)6-5-7-17(13)14;1-4-7-8(9(11)13-5-2)10(12)14-6-3;1-2-14-9(11)5-3-4-7-15(12,13)8-6-10;10-7(9(13)14)4-6-17(15,16)5-2-1-3-8(11)12;1-2-11-7(8)5-3-4-6-12(9)10;;;;;;1-3-2/h16H,6-15H2,1-5H3;6H,3-5,7-10H2,1-2H3;8H,3-7H2,1-2H3;4,8H,1,5-7H2,2-3H3;2-8H2,1H3,(H,12,13);7H,1-6,10H2,(H,11,12)(H,13,14)(H,15,16);2-6H2,1H3;5*1H4;3H/p+3. The predicted octanol–water partition coefficient (Wildman–Crippen LogP) is 15.9. The maximum Gasteiger partial charge on any atom is 0.505 e. The number of aliphatic carboxylic acids is 2. The molecule has 0 aromatic rings. The molecular formula is C81H163BrN2O39P7+3. The van der Waals surface area contributed by atoms with Crippen molar-refractivity contribution in [2.45, 2.75) is 260 Å². The highest BCUT2D eigenvalue weighted by molar-refractivity contribution is 9.09. The van der Waals surface area contributed by atoms with Gasteiger partial charge in [-0.05, 0) is 192 Å². The molecule has 0 aromatic heterocycles. The number of hydrogen-bond donors (Lipinski definition) is 8. The van der Waals surface area contributed by atoms with Crippen molar-refractivity contribution in [3.05, 3.63) is 25.1 Å². The van der Waals surface area contributed by atoms with Gasteiger partial charge in [0.05, 0.1) is 86.4 Å². The van der Waals surface area contributed by atoms with E-state index in [4.69, 9.17) is 91.6 Å². The first-order valence-electron chi connectivity index (χ1n) is 40.9. The van der Waals surface area contributed by atoms with Crippen molar-refractivity contribution in [1.29, 1.82) is 0 Å². The predicted molar refractivity (Wildman–Crippen MR) is 508 cm³/mol. The summed E-state index contributed by atoms with van der Waals surface area (Å²) in [6.45, 7) is 30.4. The fourth-order valence-electron chi connectivity index (χ4n) is 9.28. The number of halogens is 1. The fraction of sp³-hybridized carbons (Fsp3) is 0.790. The quantitative estimate of drug-likeness (QED) is 0.00323. The number of carbonyl (C=O) groups is 12. The molecule has 49 heteroatoms. The molecule has 0 saturated heterocycles. The Hall–Kier alpha value is -6.03. The number of hydrogen-bond acceptors (Lipinski definition) is 34. The lowest BCUT2D eigenvalue weighted by molar-refractivity contribution is -0.165. The van der Waals surface area contributed by atoms with E-state index < -0.39 is 125 Å². The lowest BCUT2D eigenvalue weighted by atomic mass is 9.97. The number of nitrogens with two attached hydrogens (primary N) is 1. The molecule has 9 N–H and O–H groups in total. The van der Waals surface area contributed by atoms with Crippen molar-refractivity contribution in [2.24, 2.45) is 22.6 Å². The van der Waals surface area contributed by atoms with E-state index in [9.17, 15) is 94.7 Å². The number of carboxylic acid groups (broad SMARTS) is 2. The molecule has 0 aliphatic carbocycles. The minimum Gasteiger partial charge on any atom is -0.487 e. The molecule has 0 fully saturated rings. The summed E-state index contributed by atoms with van der Waals surface area (Å²) in [6.07, 6.45) is 10.8. The van der Waals surface area contributed by atoms with Gasteiger partial charge in [-0.2, -0.15) is 14.7 Å². The zero-order chi connectivity index (χ0) is 97.7. The molecule has 0 heterocycles. The normalized spacial score (nSPS) is 12.4. The Morgan fingerprint density at radius 1 is 0.454 bits per heavy atom. The average molecular weight is 2090 g/mol. The highest BCUT2D eigenvalue weighted by atomic mass is 79.9. The largest absolute Gasteiger partial charge is 0.505 e. The van der Waals surface area contributed by atoms with Crippen LogP contribution in [0.25, 0.3) is 0 Å². The number of aliphatic imine (C=N–C) groups is 1. The molecule has 0 radical (unpaired) electrons. The molecule has 0 bridgehead atoms. The Kier molecular flexibility index (Phi) is 118. The number of carboxylic acids is 2. The summed E-state index contributed by atoms with van der Waals surface area (Å²) in [5, 5.41) is 17.4. The van der Waals surface area contributed by atoms with Gasteiger partial charge in [0.1, 0.15) is 6.04 Å². The van der Waals surface area contributed by atoms with Crippen LogP contribution in [-0.2, 0) is 151 Å². The lowest BCUT2D eigenvalue weighted by Gasteiger charge is -2.27. The van der Waals surface area contributed by atoms with Crippen molar-refractivity contribution in [2.75, 3.05) is 147 Å². The molecule has 0 aliphatic rings. The third-order valence-electron chi connectivity index (χ3n) is 15.2. The molecule has 0 aliphatic heterocycles. The van der Waals surface area contributed by atoms with E-state index in [0.717, 1.165) is 6.40 Å². The van der Waals surface area contributed by atoms with Crippen LogP contribution in [0.15, 0.2) is 30.0 Å². The maximum atomic E-state index is 13.3. The fourth-order valence-corrected chi connectivity index (χ4v) is 18.6. The Morgan fingerprint density at radius 2 is 0.785 bits per heavy atom. The van der Waals surface area contributed by atoms with E-state index in [1.54, 1.807) is 83.1 Å². The second-order valence-electron chi connectivity index (χ2n) is 25.2. The van der Waals surface area contributed by atoms with Crippen LogP contribution in [0.1, 0.15) is 249 Å². The van der Waals surface area contributed by atoms with E-state index in [2.05, 4.69) is 38.8 Å². The highest BCUT2D eigenvalue weighted by Gasteiger charge is 2.50. The van der Waals surface area contributed by atoms with Crippen molar-refractivity contribution in [3.8, 4) is 0 Å². The van der Waals surface area contributed by atoms with Crippen LogP contribution in [0.3, 0.4) is 0 Å². The van der Waals surface area contributed by atoms with Crippen LogP contribution in [0, 0.1) is 11.8 Å². The molecule has 0 rings (SSSR count). The van der Waals surface area contributed by atoms with Gasteiger partial charge in [-0.15, -0.1) is 6.58 Å². The second kappa shape index (κ2) is 100. The Morgan fingerprint density at radius 3 is 1.10 bits per heavy atom. The van der Waals surface area contributed by atoms with Crippen molar-refractivity contribution >= 4 is 148 Å². The molecule has 0 spiro atoms. The van der Waals surface area contributed by atoms with Crippen LogP contribution in [0.4, 0.5) is 0 Å². The van der Waals surface area contributed by atoms with Gasteiger partial charge in [0.25, 0.3) is 5.54 Å². The highest BCUT2D eigenvalue weighted by Crippen LogP contribution is 2.51. The molecule has 0 aromatic carbocycles. The lowest BCUT2D eigenvalue weighted by Crippen LogP contribution is -2.48. The van der Waals surface area contributed by atoms with Crippen molar-refractivity contribution < 1.29 is 185 Å². The van der Waals surface area contributed by atoms with E-state index in [-0.39, 0.29) is 189 Å². The van der Waals surface area contributed by atoms with Crippen LogP contribution >= 0.6 is 70.1 Å². The minimum atomic E-state index is -3.38. The van der Waals surface area contributed by atoms with E-state index in [1.165, 1.54) is 19.0 Å². The first kappa shape index (κ1) is 152. The van der Waals surface area contributed by atoms with Crippen LogP contribution < -0.4 is 5.73 Å². The number of unbranched alkanes of at least 4 members (excludes halogenated alkanes) is 5. The monoisotopic (exact) mass is 2080 g/mol. The maximum absolute atomic E-state index is 13.3. The summed E-state index contributed by atoms with van der Waals surface area (Å²) in [5.41, 5.74) is 3.17. The molecule has 8 atom stereocenters. The van der Waals surface area contributed by atoms with E-state index >= 15 is 0 Å². The number of carbonyl (C=O) groups excluding carboxylic acids is 10. The minimum absolute atomic E-state index is 0. The number of rotatable bonds is 63. The van der Waals surface area contributed by atoms with Crippen molar-refractivity contribution in [3.63, 3.8) is 0 Å². The van der Waals surface area contributed by atoms with E-state index in [1.807, 2.05) is 0 Å². The zero-order valence-corrected chi connectivity index (χ0v) is 82.8. The molecule has 0 saturated carbocycles. The Balaban J connectivity index is -0.000000113. The van der Waals surface area contributed by atoms with Crippen molar-refractivity contribution in [1.82, 2.24) is 0 Å². The molecular weight excluding hydrogens is 1920 g/mol. The van der Waals surface area contributed by atoms with Gasteiger partial charge in [-0.25, -0.2) is 14.6 Å². The van der Waals surface area contributed by atoms with Gasteiger partial charge < -0.3 is 86.9 Å². The number of esters is 10. The summed E-state index contributed by atoms with van der Waals surface area (Å²) in [4.78, 5) is 183. The number of nitrogens with zero attached hydrogens (tertiary/aromatic N) is 1. The average Bonchev–Trinajstić information content (AvgIpc) is 0.799. The number of allylic oxidation sites excluding steroid dienone is 1. The summed E-state index contributed by atoms with van der Waals surface area (Å²) in [5.74, 6) is -7.79. The summed E-state index contributed by atoms with van der Waals surface area (Å²) in [7, 11) is -16.4. The van der Waals surface area contributed by atoms with Crippen LogP contribution in [-0.4, -0.2) is 271 Å². The second-order valence-corrected chi connectivity index (χ2v) is 38.9. The summed E-state index contributed by atoms with van der Waals surface area (Å²) < 4.78 is 141. The molecule has 770 valence electrons. The van der Waals surface area contributed by atoms with Gasteiger partial charge in [0, 0.05) is 87.0 Å². The van der Waals surface area contributed by atoms with Gasteiger partial charge in [-0.3, -0.25) is 66.2 Å². The van der Waals surface area contributed by atoms with Crippen LogP contribution in [0.5, 0.6) is 0 Å². The first-order chi connectivity index (χ1) is 58.8. The van der Waals surface area contributed by atoms with Gasteiger partial charge >= 0.3 is 96.4 Å². The topological polar surface area (TPSA) is 624 Å². The third-order valence-corrected chi connectivity index (χ3v) is 26.3. The Labute approximate surface area is 784 Å². The molecule has 8 unspecified atom stereocenters. The summed E-state index contributed by atoms with van der Waals surface area (Å²) >= 11 is 3.13. The smallest absolute Gasteiger partial charge is 0.487 e. The van der Waals surface area contributed by atoms with Gasteiger partial charge in [0.2, 0.25) is 29.5 Å². The van der Waals surface area contributed by atoms with Gasteiger partial charge in [0.15, 0.2) is 30.6 Å².